The lowest BCUT2D eigenvalue weighted by atomic mass is 10.1. The van der Waals surface area contributed by atoms with Crippen molar-refractivity contribution in [3.63, 3.8) is 0 Å². The van der Waals surface area contributed by atoms with Crippen LogP contribution in [-0.2, 0) is 14.3 Å². The van der Waals surface area contributed by atoms with Gasteiger partial charge in [0.05, 0.1) is 18.4 Å². The van der Waals surface area contributed by atoms with Crippen LogP contribution >= 0.6 is 0 Å². The van der Waals surface area contributed by atoms with Crippen molar-refractivity contribution in [2.24, 2.45) is 0 Å². The molecule has 0 atom stereocenters. The first kappa shape index (κ1) is 17.8. The highest BCUT2D eigenvalue weighted by atomic mass is 19.4. The zero-order valence-corrected chi connectivity index (χ0v) is 11.1. The van der Waals surface area contributed by atoms with Crippen molar-refractivity contribution in [3.05, 3.63) is 29.3 Å². The predicted molar refractivity (Wildman–Crippen MR) is 63.2 cm³/mol. The molecule has 0 saturated carbocycles. The number of esters is 1. The van der Waals surface area contributed by atoms with E-state index < -0.39 is 54.2 Å². The van der Waals surface area contributed by atoms with E-state index in [1.807, 2.05) is 5.32 Å². The van der Waals surface area contributed by atoms with Gasteiger partial charge in [-0.3, -0.25) is 4.79 Å². The van der Waals surface area contributed by atoms with Crippen LogP contribution in [0.15, 0.2) is 12.1 Å². The third-order valence-electron chi connectivity index (χ3n) is 2.24. The van der Waals surface area contributed by atoms with Gasteiger partial charge in [-0.15, -0.1) is 0 Å². The number of methoxy groups -OCH3 is 1. The molecule has 10 heteroatoms. The Bertz CT molecular complexity index is 573. The Labute approximate surface area is 121 Å². The molecule has 0 bridgehead atoms. The highest BCUT2D eigenvalue weighted by Gasteiger charge is 2.28. The van der Waals surface area contributed by atoms with E-state index in [4.69, 9.17) is 0 Å². The number of carbonyl (C=O) groups excluding carboxylic acids is 2. The predicted octanol–water partition coefficient (Wildman–Crippen LogP) is 2.27. The molecule has 1 aromatic rings. The summed E-state index contributed by atoms with van der Waals surface area (Å²) in [5, 5.41) is 1.86. The minimum absolute atomic E-state index is 0.332. The molecule has 0 aliphatic carbocycles. The zero-order valence-electron chi connectivity index (χ0n) is 11.1. The van der Waals surface area contributed by atoms with Gasteiger partial charge in [0.25, 0.3) is 0 Å². The molecule has 22 heavy (non-hydrogen) atoms. The fourth-order valence-corrected chi connectivity index (χ4v) is 1.36. The average molecular weight is 327 g/mol. The molecule has 0 aliphatic heterocycles. The lowest BCUT2D eigenvalue weighted by Gasteiger charge is -2.10. The van der Waals surface area contributed by atoms with Crippen molar-refractivity contribution >= 4 is 17.6 Å². The Morgan fingerprint density at radius 2 is 1.82 bits per heavy atom. The topological polar surface area (TPSA) is 64.6 Å². The molecule has 0 aliphatic rings. The average Bonchev–Trinajstić information content (AvgIpc) is 2.39. The summed E-state index contributed by atoms with van der Waals surface area (Å²) in [6.45, 7) is -2.65. The molecular formula is C12H10F5NO4. The van der Waals surface area contributed by atoms with Crippen LogP contribution in [0.2, 0.25) is 0 Å². The number of amides is 1. The van der Waals surface area contributed by atoms with Gasteiger partial charge in [0, 0.05) is 6.07 Å². The van der Waals surface area contributed by atoms with Crippen LogP contribution in [0.5, 0.6) is 0 Å². The molecule has 0 radical (unpaired) electrons. The van der Waals surface area contributed by atoms with E-state index in [0.717, 1.165) is 7.11 Å². The van der Waals surface area contributed by atoms with Gasteiger partial charge in [0.1, 0.15) is 24.8 Å². The van der Waals surface area contributed by atoms with Crippen LogP contribution in [0.1, 0.15) is 10.4 Å². The Morgan fingerprint density at radius 1 is 1.18 bits per heavy atom. The summed E-state index contributed by atoms with van der Waals surface area (Å²) in [6, 6.07) is 0.997. The van der Waals surface area contributed by atoms with Gasteiger partial charge in [0.15, 0.2) is 0 Å². The molecule has 5 nitrogen and oxygen atoms in total. The lowest BCUT2D eigenvalue weighted by Crippen LogP contribution is -2.24. The molecular weight excluding hydrogens is 317 g/mol. The molecule has 1 N–H and O–H groups in total. The lowest BCUT2D eigenvalue weighted by molar-refractivity contribution is -0.174. The Morgan fingerprint density at radius 3 is 2.36 bits per heavy atom. The highest BCUT2D eigenvalue weighted by molar-refractivity contribution is 5.95. The summed E-state index contributed by atoms with van der Waals surface area (Å²) in [4.78, 5) is 22.5. The van der Waals surface area contributed by atoms with E-state index in [1.165, 1.54) is 0 Å². The van der Waals surface area contributed by atoms with Crippen molar-refractivity contribution in [2.45, 2.75) is 6.18 Å². The van der Waals surface area contributed by atoms with Crippen LogP contribution in [-0.4, -0.2) is 38.4 Å². The fourth-order valence-electron chi connectivity index (χ4n) is 1.36. The highest BCUT2D eigenvalue weighted by Crippen LogP contribution is 2.20. The molecule has 122 valence electrons. The Hall–Kier alpha value is -2.23. The summed E-state index contributed by atoms with van der Waals surface area (Å²) in [5.74, 6) is -4.64. The molecule has 0 fully saturated rings. The number of halogens is 5. The largest absolute Gasteiger partial charge is 0.465 e. The van der Waals surface area contributed by atoms with E-state index in [-0.39, 0.29) is 0 Å². The van der Waals surface area contributed by atoms with Crippen molar-refractivity contribution in [1.29, 1.82) is 0 Å². The summed E-state index contributed by atoms with van der Waals surface area (Å²) in [5.41, 5.74) is -1.24. The minimum Gasteiger partial charge on any atom is -0.465 e. The maximum absolute atomic E-state index is 13.4. The van der Waals surface area contributed by atoms with Gasteiger partial charge in [-0.2, -0.15) is 13.2 Å². The fraction of sp³-hybridized carbons (Fsp3) is 0.333. The van der Waals surface area contributed by atoms with Gasteiger partial charge >= 0.3 is 12.1 Å². The second-order valence-electron chi connectivity index (χ2n) is 3.96. The van der Waals surface area contributed by atoms with Crippen molar-refractivity contribution in [3.8, 4) is 0 Å². The van der Waals surface area contributed by atoms with Crippen LogP contribution in [0.4, 0.5) is 27.6 Å². The second-order valence-corrected chi connectivity index (χ2v) is 3.96. The summed E-state index contributed by atoms with van der Waals surface area (Å²) in [6.07, 6.45) is -4.61. The quantitative estimate of drug-likeness (QED) is 0.666. The van der Waals surface area contributed by atoms with Crippen molar-refractivity contribution in [2.75, 3.05) is 25.6 Å². The molecule has 1 aromatic carbocycles. The van der Waals surface area contributed by atoms with Crippen LogP contribution in [0.3, 0.4) is 0 Å². The van der Waals surface area contributed by atoms with Gasteiger partial charge in [0.2, 0.25) is 5.91 Å². The molecule has 0 aromatic heterocycles. The Kier molecular flexibility index (Phi) is 5.80. The van der Waals surface area contributed by atoms with Crippen LogP contribution in [0, 0.1) is 11.6 Å². The van der Waals surface area contributed by atoms with Crippen LogP contribution in [0.25, 0.3) is 0 Å². The minimum atomic E-state index is -4.61. The van der Waals surface area contributed by atoms with Crippen LogP contribution < -0.4 is 5.32 Å². The number of carbonyl (C=O) groups is 2. The van der Waals surface area contributed by atoms with E-state index in [9.17, 15) is 31.5 Å². The number of anilines is 1. The first-order valence-electron chi connectivity index (χ1n) is 5.65. The molecule has 0 spiro atoms. The third-order valence-corrected chi connectivity index (χ3v) is 2.24. The Balaban J connectivity index is 2.76. The maximum atomic E-state index is 13.4. The van der Waals surface area contributed by atoms with E-state index in [2.05, 4.69) is 9.47 Å². The van der Waals surface area contributed by atoms with Crippen molar-refractivity contribution in [1.82, 2.24) is 0 Å². The zero-order chi connectivity index (χ0) is 16.9. The van der Waals surface area contributed by atoms with Gasteiger partial charge < -0.3 is 14.8 Å². The summed E-state index contributed by atoms with van der Waals surface area (Å²) >= 11 is 0. The van der Waals surface area contributed by atoms with Crippen molar-refractivity contribution < 1.29 is 41.0 Å². The number of benzene rings is 1. The number of alkyl halides is 3. The second kappa shape index (κ2) is 7.16. The SMILES string of the molecule is COC(=O)c1cc(NC(=O)COCC(F)(F)F)c(F)cc1F. The number of hydrogen-bond donors (Lipinski definition) is 1. The molecule has 1 rings (SSSR count). The standard InChI is InChI=1S/C12H10F5NO4/c1-21-11(20)6-2-9(8(14)3-7(6)13)18-10(19)4-22-5-12(15,16)17/h2-3H,4-5H2,1H3,(H,18,19). The number of nitrogens with one attached hydrogen (secondary N) is 1. The monoisotopic (exact) mass is 327 g/mol. The molecule has 0 saturated heterocycles. The number of hydrogen-bond acceptors (Lipinski definition) is 4. The number of ether oxygens (including phenoxy) is 2. The molecule has 0 heterocycles. The number of rotatable bonds is 5. The first-order valence-corrected chi connectivity index (χ1v) is 5.65. The van der Waals surface area contributed by atoms with E-state index in [1.54, 1.807) is 0 Å². The summed E-state index contributed by atoms with van der Waals surface area (Å²) < 4.78 is 70.5. The smallest absolute Gasteiger partial charge is 0.411 e. The van der Waals surface area contributed by atoms with Gasteiger partial charge in [-0.1, -0.05) is 0 Å². The maximum Gasteiger partial charge on any atom is 0.411 e. The molecule has 0 unspecified atom stereocenters. The van der Waals surface area contributed by atoms with E-state index in [0.29, 0.717) is 12.1 Å². The normalized spacial score (nSPS) is 11.2. The third kappa shape index (κ3) is 5.28. The van der Waals surface area contributed by atoms with E-state index >= 15 is 0 Å². The van der Waals surface area contributed by atoms with Gasteiger partial charge in [-0.05, 0) is 6.07 Å². The van der Waals surface area contributed by atoms with Gasteiger partial charge in [-0.25, -0.2) is 13.6 Å². The first-order chi connectivity index (χ1) is 10.1. The molecule has 1 amide bonds. The summed E-state index contributed by atoms with van der Waals surface area (Å²) in [7, 11) is 0.967.